The summed E-state index contributed by atoms with van der Waals surface area (Å²) in [7, 11) is -2.84. The van der Waals surface area contributed by atoms with E-state index in [1.54, 1.807) is 0 Å². The maximum absolute atomic E-state index is 12.5. The summed E-state index contributed by atoms with van der Waals surface area (Å²) < 4.78 is 66.0. The molecule has 0 aliphatic carbocycles. The van der Waals surface area contributed by atoms with Gasteiger partial charge in [0.15, 0.2) is 9.84 Å². The fourth-order valence-corrected chi connectivity index (χ4v) is 5.92. The first-order valence-electron chi connectivity index (χ1n) is 7.84. The standard InChI is InChI=1S/C16H20F3NO3S/c1-12(23-14-4-2-13(3-5-14)16(17,18)19)8-20-7-6-15(9-20)10-24(21,22)11-15/h2-5,12H,6-11H2,1H3/t12-/m1/s1. The normalized spacial score (nSPS) is 23.8. The Labute approximate surface area is 139 Å². The van der Waals surface area contributed by atoms with Crippen LogP contribution in [0.25, 0.3) is 0 Å². The number of sulfone groups is 1. The van der Waals surface area contributed by atoms with E-state index in [2.05, 4.69) is 4.90 Å². The molecule has 4 nitrogen and oxygen atoms in total. The Bertz CT molecular complexity index is 688. The molecule has 1 spiro atoms. The second kappa shape index (κ2) is 5.91. The van der Waals surface area contributed by atoms with Crippen molar-refractivity contribution in [1.29, 1.82) is 0 Å². The predicted molar refractivity (Wildman–Crippen MR) is 83.7 cm³/mol. The Balaban J connectivity index is 1.50. The molecule has 0 bridgehead atoms. The topological polar surface area (TPSA) is 46.6 Å². The van der Waals surface area contributed by atoms with E-state index in [9.17, 15) is 21.6 Å². The van der Waals surface area contributed by atoms with Gasteiger partial charge in [-0.15, -0.1) is 0 Å². The molecule has 2 heterocycles. The van der Waals surface area contributed by atoms with Crippen molar-refractivity contribution in [2.45, 2.75) is 25.6 Å². The molecule has 0 amide bonds. The number of hydrogen-bond donors (Lipinski definition) is 0. The number of rotatable bonds is 4. The number of likely N-dealkylation sites (tertiary alicyclic amines) is 1. The summed E-state index contributed by atoms with van der Waals surface area (Å²) in [6, 6.07) is 4.66. The molecule has 134 valence electrons. The highest BCUT2D eigenvalue weighted by Gasteiger charge is 2.52. The van der Waals surface area contributed by atoms with Crippen LogP contribution in [0.5, 0.6) is 5.75 Å². The van der Waals surface area contributed by atoms with E-state index in [0.29, 0.717) is 12.3 Å². The molecule has 2 aliphatic rings. The first kappa shape index (κ1) is 17.5. The van der Waals surface area contributed by atoms with Crippen molar-refractivity contribution >= 4 is 9.84 Å². The summed E-state index contributed by atoms with van der Waals surface area (Å²) in [5, 5.41) is 0. The smallest absolute Gasteiger partial charge is 0.416 e. The maximum atomic E-state index is 12.5. The molecule has 0 unspecified atom stereocenters. The number of benzene rings is 1. The van der Waals surface area contributed by atoms with Gasteiger partial charge in [0.05, 0.1) is 17.1 Å². The molecule has 3 rings (SSSR count). The van der Waals surface area contributed by atoms with Gasteiger partial charge in [-0.25, -0.2) is 8.42 Å². The van der Waals surface area contributed by atoms with E-state index in [4.69, 9.17) is 4.74 Å². The van der Waals surface area contributed by atoms with Gasteiger partial charge in [0.25, 0.3) is 0 Å². The highest BCUT2D eigenvalue weighted by atomic mass is 32.2. The first-order chi connectivity index (χ1) is 11.1. The van der Waals surface area contributed by atoms with E-state index in [0.717, 1.165) is 31.6 Å². The van der Waals surface area contributed by atoms with Crippen molar-refractivity contribution in [3.63, 3.8) is 0 Å². The highest BCUT2D eigenvalue weighted by molar-refractivity contribution is 7.92. The minimum absolute atomic E-state index is 0.0904. The van der Waals surface area contributed by atoms with E-state index >= 15 is 0 Å². The number of halogens is 3. The molecule has 1 atom stereocenters. The predicted octanol–water partition coefficient (Wildman–Crippen LogP) is 2.59. The minimum Gasteiger partial charge on any atom is -0.489 e. The summed E-state index contributed by atoms with van der Waals surface area (Å²) >= 11 is 0. The molecule has 2 aliphatic heterocycles. The van der Waals surface area contributed by atoms with Crippen molar-refractivity contribution < 1.29 is 26.3 Å². The van der Waals surface area contributed by atoms with Gasteiger partial charge in [-0.05, 0) is 44.2 Å². The lowest BCUT2D eigenvalue weighted by molar-refractivity contribution is -0.137. The third-order valence-corrected chi connectivity index (χ3v) is 6.71. The van der Waals surface area contributed by atoms with Gasteiger partial charge in [0, 0.05) is 18.5 Å². The summed E-state index contributed by atoms with van der Waals surface area (Å²) in [6.45, 7) is 4.06. The van der Waals surface area contributed by atoms with Crippen LogP contribution >= 0.6 is 0 Å². The van der Waals surface area contributed by atoms with Crippen molar-refractivity contribution in [2.24, 2.45) is 5.41 Å². The molecule has 1 aromatic rings. The van der Waals surface area contributed by atoms with Crippen molar-refractivity contribution in [1.82, 2.24) is 4.90 Å². The molecule has 1 aromatic carbocycles. The number of nitrogens with zero attached hydrogens (tertiary/aromatic N) is 1. The van der Waals surface area contributed by atoms with Crippen LogP contribution in [0.15, 0.2) is 24.3 Å². The molecule has 8 heteroatoms. The van der Waals surface area contributed by atoms with Gasteiger partial charge in [-0.2, -0.15) is 13.2 Å². The SMILES string of the molecule is C[C@H](CN1CCC2(C1)CS(=O)(=O)C2)Oc1ccc(C(F)(F)F)cc1. The highest BCUT2D eigenvalue weighted by Crippen LogP contribution is 2.41. The van der Waals surface area contributed by atoms with Crippen LogP contribution in [0.2, 0.25) is 0 Å². The number of ether oxygens (including phenoxy) is 1. The molecular formula is C16H20F3NO3S. The first-order valence-corrected chi connectivity index (χ1v) is 9.66. The molecule has 2 fully saturated rings. The van der Waals surface area contributed by atoms with E-state index in [1.165, 1.54) is 12.1 Å². The van der Waals surface area contributed by atoms with Crippen molar-refractivity contribution in [3.8, 4) is 5.75 Å². The average molecular weight is 363 g/mol. The molecule has 0 aromatic heterocycles. The van der Waals surface area contributed by atoms with Gasteiger partial charge in [-0.1, -0.05) is 0 Å². The van der Waals surface area contributed by atoms with Crippen LogP contribution in [0, 0.1) is 5.41 Å². The van der Waals surface area contributed by atoms with Crippen molar-refractivity contribution in [2.75, 3.05) is 31.1 Å². The van der Waals surface area contributed by atoms with E-state index in [1.807, 2.05) is 6.92 Å². The van der Waals surface area contributed by atoms with Crippen molar-refractivity contribution in [3.05, 3.63) is 29.8 Å². The molecule has 0 radical (unpaired) electrons. The molecule has 24 heavy (non-hydrogen) atoms. The fraction of sp³-hybridized carbons (Fsp3) is 0.625. The van der Waals surface area contributed by atoms with Crippen LogP contribution in [0.4, 0.5) is 13.2 Å². The third kappa shape index (κ3) is 3.85. The van der Waals surface area contributed by atoms with Gasteiger partial charge >= 0.3 is 6.18 Å². The average Bonchev–Trinajstić information content (AvgIpc) is 2.79. The second-order valence-electron chi connectivity index (χ2n) is 6.97. The van der Waals surface area contributed by atoms with Gasteiger partial charge in [0.1, 0.15) is 11.9 Å². The quantitative estimate of drug-likeness (QED) is 0.825. The van der Waals surface area contributed by atoms with E-state index in [-0.39, 0.29) is 23.0 Å². The summed E-state index contributed by atoms with van der Waals surface area (Å²) in [6.07, 6.45) is -3.66. The Kier molecular flexibility index (Phi) is 4.32. The zero-order valence-electron chi connectivity index (χ0n) is 13.3. The molecule has 0 N–H and O–H groups in total. The summed E-state index contributed by atoms with van der Waals surface area (Å²) in [5.41, 5.74) is -0.789. The number of alkyl halides is 3. The van der Waals surface area contributed by atoms with Crippen LogP contribution in [-0.2, 0) is 16.0 Å². The summed E-state index contributed by atoms with van der Waals surface area (Å²) in [4.78, 5) is 2.17. The van der Waals surface area contributed by atoms with Gasteiger partial charge in [0.2, 0.25) is 0 Å². The Morgan fingerprint density at radius 1 is 1.25 bits per heavy atom. The molecular weight excluding hydrogens is 343 g/mol. The largest absolute Gasteiger partial charge is 0.489 e. The van der Waals surface area contributed by atoms with Gasteiger partial charge < -0.3 is 4.74 Å². The van der Waals surface area contributed by atoms with Crippen LogP contribution in [0.1, 0.15) is 18.9 Å². The molecule has 2 saturated heterocycles. The van der Waals surface area contributed by atoms with E-state index < -0.39 is 21.6 Å². The lowest BCUT2D eigenvalue weighted by atomic mass is 9.91. The summed E-state index contributed by atoms with van der Waals surface area (Å²) in [5.74, 6) is 0.936. The third-order valence-electron chi connectivity index (χ3n) is 4.60. The Hall–Kier alpha value is -1.28. The Morgan fingerprint density at radius 2 is 1.88 bits per heavy atom. The zero-order chi connectivity index (χ0) is 17.6. The Morgan fingerprint density at radius 3 is 2.42 bits per heavy atom. The second-order valence-corrected chi connectivity index (χ2v) is 9.03. The fourth-order valence-electron chi connectivity index (χ4n) is 3.67. The van der Waals surface area contributed by atoms with Crippen LogP contribution in [0.3, 0.4) is 0 Å². The number of hydrogen-bond acceptors (Lipinski definition) is 4. The van der Waals surface area contributed by atoms with Crippen LogP contribution < -0.4 is 4.74 Å². The maximum Gasteiger partial charge on any atom is 0.416 e. The van der Waals surface area contributed by atoms with Crippen LogP contribution in [-0.4, -0.2) is 50.6 Å². The monoisotopic (exact) mass is 363 g/mol. The molecule has 0 saturated carbocycles. The lowest BCUT2D eigenvalue weighted by Gasteiger charge is -2.37. The minimum atomic E-state index is -4.35. The lowest BCUT2D eigenvalue weighted by Crippen LogP contribution is -2.50. The zero-order valence-corrected chi connectivity index (χ0v) is 14.2. The van der Waals surface area contributed by atoms with Gasteiger partial charge in [-0.3, -0.25) is 4.90 Å².